The van der Waals surface area contributed by atoms with Crippen LogP contribution in [0.25, 0.3) is 0 Å². The smallest absolute Gasteiger partial charge is 0.0596 e. The molecule has 2 unspecified atom stereocenters. The first-order chi connectivity index (χ1) is 8.60. The molecule has 18 heavy (non-hydrogen) atoms. The molecule has 1 fully saturated rings. The van der Waals surface area contributed by atoms with E-state index >= 15 is 0 Å². The van der Waals surface area contributed by atoms with Gasteiger partial charge in [0.25, 0.3) is 0 Å². The van der Waals surface area contributed by atoms with E-state index in [4.69, 9.17) is 23.2 Å². The molecule has 1 saturated heterocycles. The molecular weight excluding hydrogens is 269 g/mol. The zero-order valence-electron chi connectivity index (χ0n) is 10.6. The standard InChI is InChI=1S/C14H19Cl2NO/c1-2-17-6-5-14(18)11(9-17)7-10-3-4-12(15)13(16)8-10/h3-4,8,11,14,18H,2,5-7,9H2,1H3. The van der Waals surface area contributed by atoms with E-state index in [1.807, 2.05) is 18.2 Å². The second-order valence-electron chi connectivity index (χ2n) is 4.96. The molecule has 2 rings (SSSR count). The molecule has 2 atom stereocenters. The summed E-state index contributed by atoms with van der Waals surface area (Å²) in [6, 6.07) is 5.72. The summed E-state index contributed by atoms with van der Waals surface area (Å²) in [5, 5.41) is 11.3. The van der Waals surface area contributed by atoms with Crippen molar-refractivity contribution < 1.29 is 5.11 Å². The zero-order valence-corrected chi connectivity index (χ0v) is 12.1. The van der Waals surface area contributed by atoms with Gasteiger partial charge in [0.1, 0.15) is 0 Å². The van der Waals surface area contributed by atoms with Crippen LogP contribution in [-0.4, -0.2) is 35.7 Å². The van der Waals surface area contributed by atoms with Crippen LogP contribution in [0.15, 0.2) is 18.2 Å². The number of likely N-dealkylation sites (tertiary alicyclic amines) is 1. The SMILES string of the molecule is CCN1CCC(O)C(Cc2ccc(Cl)c(Cl)c2)C1. The van der Waals surface area contributed by atoms with Crippen LogP contribution in [0, 0.1) is 5.92 Å². The van der Waals surface area contributed by atoms with Crippen LogP contribution in [0.5, 0.6) is 0 Å². The maximum Gasteiger partial charge on any atom is 0.0596 e. The van der Waals surface area contributed by atoms with E-state index in [0.29, 0.717) is 10.0 Å². The number of hydrogen-bond donors (Lipinski definition) is 1. The number of rotatable bonds is 3. The first-order valence-corrected chi connectivity index (χ1v) is 7.20. The number of benzene rings is 1. The molecule has 1 aromatic carbocycles. The van der Waals surface area contributed by atoms with E-state index < -0.39 is 0 Å². The van der Waals surface area contributed by atoms with E-state index in [1.54, 1.807) is 0 Å². The van der Waals surface area contributed by atoms with Gasteiger partial charge >= 0.3 is 0 Å². The second-order valence-corrected chi connectivity index (χ2v) is 5.78. The summed E-state index contributed by atoms with van der Waals surface area (Å²) in [4.78, 5) is 2.38. The van der Waals surface area contributed by atoms with Crippen LogP contribution in [0.4, 0.5) is 0 Å². The topological polar surface area (TPSA) is 23.5 Å². The summed E-state index contributed by atoms with van der Waals surface area (Å²) < 4.78 is 0. The van der Waals surface area contributed by atoms with E-state index in [0.717, 1.165) is 38.0 Å². The molecular formula is C14H19Cl2NO. The second kappa shape index (κ2) is 6.25. The van der Waals surface area contributed by atoms with Gasteiger partial charge in [0.15, 0.2) is 0 Å². The Morgan fingerprint density at radius 1 is 1.33 bits per heavy atom. The van der Waals surface area contributed by atoms with Crippen molar-refractivity contribution in [3.8, 4) is 0 Å². The number of piperidine rings is 1. The Balaban J connectivity index is 2.04. The van der Waals surface area contributed by atoms with Gasteiger partial charge in [0, 0.05) is 19.0 Å². The monoisotopic (exact) mass is 287 g/mol. The third-order valence-electron chi connectivity index (χ3n) is 3.71. The van der Waals surface area contributed by atoms with Gasteiger partial charge in [-0.1, -0.05) is 36.2 Å². The van der Waals surface area contributed by atoms with Crippen LogP contribution >= 0.6 is 23.2 Å². The van der Waals surface area contributed by atoms with E-state index in [1.165, 1.54) is 0 Å². The molecule has 0 aliphatic carbocycles. The Morgan fingerprint density at radius 2 is 2.11 bits per heavy atom. The average Bonchev–Trinajstić information content (AvgIpc) is 2.36. The minimum Gasteiger partial charge on any atom is -0.393 e. The van der Waals surface area contributed by atoms with Crippen LogP contribution in [0.2, 0.25) is 10.0 Å². The Hall–Kier alpha value is -0.280. The molecule has 4 heteroatoms. The van der Waals surface area contributed by atoms with Crippen molar-refractivity contribution in [2.24, 2.45) is 5.92 Å². The van der Waals surface area contributed by atoms with Gasteiger partial charge in [-0.25, -0.2) is 0 Å². The summed E-state index contributed by atoms with van der Waals surface area (Å²) in [5.74, 6) is 0.288. The molecule has 0 radical (unpaired) electrons. The van der Waals surface area contributed by atoms with Crippen molar-refractivity contribution in [2.45, 2.75) is 25.9 Å². The highest BCUT2D eigenvalue weighted by molar-refractivity contribution is 6.42. The number of halogens is 2. The molecule has 1 aliphatic heterocycles. The highest BCUT2D eigenvalue weighted by Gasteiger charge is 2.27. The summed E-state index contributed by atoms with van der Waals surface area (Å²) in [6.07, 6.45) is 1.51. The van der Waals surface area contributed by atoms with Crippen molar-refractivity contribution in [1.82, 2.24) is 4.90 Å². The summed E-state index contributed by atoms with van der Waals surface area (Å²) in [7, 11) is 0. The fourth-order valence-electron chi connectivity index (χ4n) is 2.55. The van der Waals surface area contributed by atoms with Crippen LogP contribution in [-0.2, 0) is 6.42 Å². The van der Waals surface area contributed by atoms with Crippen molar-refractivity contribution in [3.05, 3.63) is 33.8 Å². The van der Waals surface area contributed by atoms with Crippen LogP contribution in [0.1, 0.15) is 18.9 Å². The summed E-state index contributed by atoms with van der Waals surface area (Å²) in [6.45, 7) is 5.16. The molecule has 0 spiro atoms. The van der Waals surface area contributed by atoms with Crippen LogP contribution in [0.3, 0.4) is 0 Å². The Morgan fingerprint density at radius 3 is 2.78 bits per heavy atom. The van der Waals surface area contributed by atoms with Gasteiger partial charge in [-0.3, -0.25) is 0 Å². The molecule has 0 aromatic heterocycles. The zero-order chi connectivity index (χ0) is 13.1. The quantitative estimate of drug-likeness (QED) is 0.923. The number of hydrogen-bond acceptors (Lipinski definition) is 2. The lowest BCUT2D eigenvalue weighted by atomic mass is 9.89. The van der Waals surface area contributed by atoms with Crippen LogP contribution < -0.4 is 0 Å². The molecule has 0 amide bonds. The van der Waals surface area contributed by atoms with E-state index in [9.17, 15) is 5.11 Å². The highest BCUT2D eigenvalue weighted by Crippen LogP contribution is 2.26. The Kier molecular flexibility index (Phi) is 4.91. The van der Waals surface area contributed by atoms with Crippen molar-refractivity contribution in [1.29, 1.82) is 0 Å². The number of aliphatic hydroxyl groups is 1. The lowest BCUT2D eigenvalue weighted by molar-refractivity contribution is 0.0290. The first-order valence-electron chi connectivity index (χ1n) is 6.44. The fraction of sp³-hybridized carbons (Fsp3) is 0.571. The molecule has 0 bridgehead atoms. The molecule has 0 saturated carbocycles. The predicted molar refractivity (Wildman–Crippen MR) is 76.4 cm³/mol. The minimum atomic E-state index is -0.206. The number of nitrogens with zero attached hydrogens (tertiary/aromatic N) is 1. The highest BCUT2D eigenvalue weighted by atomic mass is 35.5. The third-order valence-corrected chi connectivity index (χ3v) is 4.45. The van der Waals surface area contributed by atoms with Crippen molar-refractivity contribution in [2.75, 3.05) is 19.6 Å². The fourth-order valence-corrected chi connectivity index (χ4v) is 2.87. The van der Waals surface area contributed by atoms with Gasteiger partial charge < -0.3 is 10.0 Å². The maximum absolute atomic E-state index is 10.1. The molecule has 100 valence electrons. The first kappa shape index (κ1) is 14.1. The normalized spacial score (nSPS) is 25.3. The Bertz CT molecular complexity index is 411. The van der Waals surface area contributed by atoms with Gasteiger partial charge in [0.05, 0.1) is 16.1 Å². The number of aliphatic hydroxyl groups excluding tert-OH is 1. The summed E-state index contributed by atoms with van der Waals surface area (Å²) >= 11 is 11.9. The van der Waals surface area contributed by atoms with Crippen molar-refractivity contribution in [3.63, 3.8) is 0 Å². The summed E-state index contributed by atoms with van der Waals surface area (Å²) in [5.41, 5.74) is 1.14. The molecule has 1 N–H and O–H groups in total. The van der Waals surface area contributed by atoms with E-state index in [2.05, 4.69) is 11.8 Å². The van der Waals surface area contributed by atoms with E-state index in [-0.39, 0.29) is 12.0 Å². The molecule has 1 aliphatic rings. The predicted octanol–water partition coefficient (Wildman–Crippen LogP) is 3.24. The third kappa shape index (κ3) is 3.39. The average molecular weight is 288 g/mol. The van der Waals surface area contributed by atoms with Gasteiger partial charge in [-0.2, -0.15) is 0 Å². The lowest BCUT2D eigenvalue weighted by Crippen LogP contribution is -2.43. The molecule has 1 aromatic rings. The largest absolute Gasteiger partial charge is 0.393 e. The van der Waals surface area contributed by atoms with Crippen molar-refractivity contribution >= 4 is 23.2 Å². The Labute approximate surface area is 119 Å². The van der Waals surface area contributed by atoms with Gasteiger partial charge in [0.2, 0.25) is 0 Å². The molecule has 2 nitrogen and oxygen atoms in total. The van der Waals surface area contributed by atoms with Gasteiger partial charge in [-0.15, -0.1) is 0 Å². The molecule has 1 heterocycles. The minimum absolute atomic E-state index is 0.206. The lowest BCUT2D eigenvalue weighted by Gasteiger charge is -2.35. The van der Waals surface area contributed by atoms with Gasteiger partial charge in [-0.05, 0) is 37.1 Å². The maximum atomic E-state index is 10.1.